The molecule has 0 radical (unpaired) electrons. The fraction of sp³-hybridized carbons (Fsp3) is 0.500. The Morgan fingerprint density at radius 1 is 1.26 bits per heavy atom. The van der Waals surface area contributed by atoms with Gasteiger partial charge < -0.3 is 29.5 Å². The fourth-order valence-electron chi connectivity index (χ4n) is 5.59. The molecule has 9 nitrogen and oxygen atoms in total. The number of carbonyl (C=O) groups is 1. The molecule has 1 unspecified atom stereocenters. The molecule has 1 aliphatic rings. The van der Waals surface area contributed by atoms with Crippen LogP contribution < -0.4 is 15.2 Å². The number of rotatable bonds is 12. The number of nitrogens with two attached hydrogens (primary N) is 1. The van der Waals surface area contributed by atoms with Crippen LogP contribution in [0.25, 0.3) is 10.8 Å². The first-order chi connectivity index (χ1) is 18.7. The van der Waals surface area contributed by atoms with Crippen LogP contribution in [0.3, 0.4) is 0 Å². The number of hydrogen-bond donors (Lipinski definition) is 2. The number of primary amides is 1. The number of nitrogens with zero attached hydrogens (tertiary/aromatic N) is 3. The van der Waals surface area contributed by atoms with Gasteiger partial charge in [-0.1, -0.05) is 37.6 Å². The molecular weight excluding hydrogens is 496 g/mol. The Balaban J connectivity index is 1.60. The number of amides is 1. The molecule has 1 saturated heterocycles. The van der Waals surface area contributed by atoms with Gasteiger partial charge in [0.15, 0.2) is 6.10 Å². The predicted octanol–water partition coefficient (Wildman–Crippen LogP) is 3.05. The van der Waals surface area contributed by atoms with Crippen molar-refractivity contribution in [1.29, 1.82) is 0 Å². The van der Waals surface area contributed by atoms with E-state index in [0.29, 0.717) is 48.8 Å². The van der Waals surface area contributed by atoms with Crippen molar-refractivity contribution in [2.75, 3.05) is 41.0 Å². The van der Waals surface area contributed by atoms with Crippen LogP contribution in [0.4, 0.5) is 0 Å². The fourth-order valence-corrected chi connectivity index (χ4v) is 5.59. The van der Waals surface area contributed by atoms with Crippen LogP contribution in [-0.4, -0.2) is 84.2 Å². The molecule has 3 aromatic rings. The predicted molar refractivity (Wildman–Crippen MR) is 150 cm³/mol. The Morgan fingerprint density at radius 3 is 2.74 bits per heavy atom. The monoisotopic (exact) mass is 537 g/mol. The first-order valence-electron chi connectivity index (χ1n) is 13.6. The van der Waals surface area contributed by atoms with Crippen molar-refractivity contribution in [3.05, 3.63) is 59.9 Å². The zero-order chi connectivity index (χ0) is 28.0. The van der Waals surface area contributed by atoms with E-state index < -0.39 is 23.7 Å². The van der Waals surface area contributed by atoms with Crippen LogP contribution >= 0.6 is 0 Å². The maximum atomic E-state index is 12.2. The second-order valence-corrected chi connectivity index (χ2v) is 10.9. The second-order valence-electron chi connectivity index (χ2n) is 10.9. The van der Waals surface area contributed by atoms with Gasteiger partial charge in [0.1, 0.15) is 24.8 Å². The molecule has 1 fully saturated rings. The number of carbonyl (C=O) groups excluding carboxylic acids is 1. The average Bonchev–Trinajstić information content (AvgIpc) is 2.93. The van der Waals surface area contributed by atoms with Gasteiger partial charge in [0.25, 0.3) is 0 Å². The molecule has 1 aliphatic heterocycles. The summed E-state index contributed by atoms with van der Waals surface area (Å²) < 4.78 is 17.6. The van der Waals surface area contributed by atoms with E-state index >= 15 is 0 Å². The van der Waals surface area contributed by atoms with Gasteiger partial charge in [0, 0.05) is 36.2 Å². The number of likely N-dealkylation sites (N-methyl/N-ethyl adjacent to an activating group) is 1. The number of aliphatic hydroxyl groups excluding tert-OH is 1. The number of ether oxygens (including phenoxy) is 3. The largest absolute Gasteiger partial charge is 0.481 e. The molecule has 39 heavy (non-hydrogen) atoms. The van der Waals surface area contributed by atoms with Crippen molar-refractivity contribution in [1.82, 2.24) is 9.97 Å². The average molecular weight is 538 g/mol. The molecule has 3 heterocycles. The maximum Gasteiger partial charge on any atom is 0.249 e. The summed E-state index contributed by atoms with van der Waals surface area (Å²) in [6.45, 7) is 3.41. The molecule has 1 amide bonds. The molecule has 3 N–H and O–H groups in total. The number of aryl methyl sites for hydroxylation is 1. The van der Waals surface area contributed by atoms with Gasteiger partial charge in [0.2, 0.25) is 17.7 Å². The molecule has 9 heteroatoms. The Hall–Kier alpha value is -3.27. The van der Waals surface area contributed by atoms with Gasteiger partial charge in [0.05, 0.1) is 27.8 Å². The minimum Gasteiger partial charge on any atom is -0.481 e. The van der Waals surface area contributed by atoms with Gasteiger partial charge in [-0.05, 0) is 35.9 Å². The van der Waals surface area contributed by atoms with Gasteiger partial charge in [-0.2, -0.15) is 0 Å². The van der Waals surface area contributed by atoms with Crippen LogP contribution in [-0.2, 0) is 22.4 Å². The standard InChI is InChI=1S/C30H40N4O5/c1-5-6-10-23-18-22-9-7-8-11-24(22)29(33-23)39-17-15-34(2,3)30(14-16-38-26(27(30)35)28(31)36)19-21-12-13-25(37-4)32-20-21/h7-9,11-13,18,20,26-27,35H,5-6,10,14-17,19H2,1-4H3,(H-,31,36)/p+1/t26?,27-,30+/m0/s1. The highest BCUT2D eigenvalue weighted by molar-refractivity contribution is 5.87. The number of aliphatic hydroxyl groups is 1. The Labute approximate surface area is 230 Å². The van der Waals surface area contributed by atoms with E-state index in [4.69, 9.17) is 24.9 Å². The summed E-state index contributed by atoms with van der Waals surface area (Å²) in [7, 11) is 5.67. The molecule has 2 aromatic heterocycles. The first-order valence-corrected chi connectivity index (χ1v) is 13.6. The van der Waals surface area contributed by atoms with E-state index in [-0.39, 0.29) is 0 Å². The molecule has 1 aromatic carbocycles. The minimum atomic E-state index is -1.11. The third kappa shape index (κ3) is 6.16. The normalized spacial score (nSPS) is 21.6. The van der Waals surface area contributed by atoms with Crippen LogP contribution in [0, 0.1) is 0 Å². The summed E-state index contributed by atoms with van der Waals surface area (Å²) in [4.78, 5) is 21.4. The van der Waals surface area contributed by atoms with Crippen molar-refractivity contribution in [3.63, 3.8) is 0 Å². The highest BCUT2D eigenvalue weighted by atomic mass is 16.5. The van der Waals surface area contributed by atoms with Crippen LogP contribution in [0.2, 0.25) is 0 Å². The van der Waals surface area contributed by atoms with Crippen LogP contribution in [0.15, 0.2) is 48.7 Å². The smallest absolute Gasteiger partial charge is 0.249 e. The molecule has 0 aliphatic carbocycles. The molecule has 4 rings (SSSR count). The van der Waals surface area contributed by atoms with E-state index in [1.54, 1.807) is 19.4 Å². The summed E-state index contributed by atoms with van der Waals surface area (Å²) in [6.07, 6.45) is 3.61. The highest BCUT2D eigenvalue weighted by Gasteiger charge is 2.57. The number of benzene rings is 1. The minimum absolute atomic E-state index is 0.308. The van der Waals surface area contributed by atoms with E-state index in [9.17, 15) is 9.90 Å². The van der Waals surface area contributed by atoms with E-state index in [1.165, 1.54) is 0 Å². The molecule has 0 saturated carbocycles. The van der Waals surface area contributed by atoms with Gasteiger partial charge in [-0.15, -0.1) is 0 Å². The second kappa shape index (κ2) is 12.3. The number of hydrogen-bond acceptors (Lipinski definition) is 7. The summed E-state index contributed by atoms with van der Waals surface area (Å²) in [6, 6.07) is 14.0. The third-order valence-corrected chi connectivity index (χ3v) is 8.11. The Bertz CT molecular complexity index is 1270. The summed E-state index contributed by atoms with van der Waals surface area (Å²) in [5.41, 5.74) is 6.81. The van der Waals surface area contributed by atoms with E-state index in [0.717, 1.165) is 41.3 Å². The molecule has 3 atom stereocenters. The summed E-state index contributed by atoms with van der Waals surface area (Å²) in [5, 5.41) is 13.7. The van der Waals surface area contributed by atoms with Gasteiger partial charge in [-0.3, -0.25) is 4.79 Å². The number of pyridine rings is 2. The van der Waals surface area contributed by atoms with Crippen molar-refractivity contribution < 1.29 is 28.6 Å². The zero-order valence-electron chi connectivity index (χ0n) is 23.4. The van der Waals surface area contributed by atoms with Gasteiger partial charge in [-0.25, -0.2) is 9.97 Å². The first kappa shape index (κ1) is 28.7. The van der Waals surface area contributed by atoms with E-state index in [1.807, 2.05) is 24.3 Å². The number of aromatic nitrogens is 2. The molecule has 0 bridgehead atoms. The molecule has 210 valence electrons. The lowest BCUT2D eigenvalue weighted by Crippen LogP contribution is -2.73. The summed E-state index contributed by atoms with van der Waals surface area (Å²) in [5.74, 6) is 0.462. The van der Waals surface area contributed by atoms with Crippen LogP contribution in [0.1, 0.15) is 37.4 Å². The molecular formula is C30H41N4O5+. The Kier molecular flexibility index (Phi) is 9.04. The lowest BCUT2D eigenvalue weighted by Gasteiger charge is -2.54. The lowest BCUT2D eigenvalue weighted by atomic mass is 9.75. The lowest BCUT2D eigenvalue weighted by molar-refractivity contribution is -0.948. The highest BCUT2D eigenvalue weighted by Crippen LogP contribution is 2.38. The SMILES string of the molecule is CCCCc1cc2ccccc2c(OCC[N+](C)(C)[C@@]2(Cc3ccc(OC)nc3)CCOC(C(N)=O)[C@@H]2O)n1. The maximum absolute atomic E-state index is 12.2. The third-order valence-electron chi connectivity index (χ3n) is 8.11. The molecule has 0 spiro atoms. The zero-order valence-corrected chi connectivity index (χ0v) is 23.4. The van der Waals surface area contributed by atoms with Crippen molar-refractivity contribution >= 4 is 16.7 Å². The number of fused-ring (bicyclic) bond motifs is 1. The topological polar surface area (TPSA) is 117 Å². The van der Waals surface area contributed by atoms with Crippen LogP contribution in [0.5, 0.6) is 11.8 Å². The number of quaternary nitrogens is 1. The van der Waals surface area contributed by atoms with Crippen molar-refractivity contribution in [2.45, 2.75) is 56.8 Å². The number of unbranched alkanes of at least 4 members (excludes halogenated alkanes) is 1. The van der Waals surface area contributed by atoms with Gasteiger partial charge >= 0.3 is 0 Å². The quantitative estimate of drug-likeness (QED) is 0.341. The van der Waals surface area contributed by atoms with Crippen molar-refractivity contribution in [3.8, 4) is 11.8 Å². The van der Waals surface area contributed by atoms with E-state index in [2.05, 4.69) is 38.1 Å². The number of methoxy groups -OCH3 is 1. The van der Waals surface area contributed by atoms with Crippen molar-refractivity contribution in [2.24, 2.45) is 5.73 Å². The Morgan fingerprint density at radius 2 is 2.05 bits per heavy atom. The summed E-state index contributed by atoms with van der Waals surface area (Å²) >= 11 is 0.